The summed E-state index contributed by atoms with van der Waals surface area (Å²) in [6.07, 6.45) is 3.50. The van der Waals surface area contributed by atoms with Gasteiger partial charge in [0.2, 0.25) is 59.1 Å². The fourth-order valence-electron chi connectivity index (χ4n) is 6.57. The Morgan fingerprint density at radius 1 is 0.688 bits per heavy atom. The lowest BCUT2D eigenvalue weighted by Crippen LogP contribution is -2.61. The van der Waals surface area contributed by atoms with Crippen LogP contribution < -0.4 is 65.1 Å². The highest BCUT2D eigenvalue weighted by Crippen LogP contribution is 2.13. The lowest BCUT2D eigenvalue weighted by atomic mass is 10.0. The minimum absolute atomic E-state index is 0.0617. The van der Waals surface area contributed by atoms with E-state index < -0.39 is 101 Å². The Morgan fingerprint density at radius 3 is 1.98 bits per heavy atom. The van der Waals surface area contributed by atoms with Gasteiger partial charge in [-0.25, -0.2) is 0 Å². The molecule has 0 aromatic heterocycles. The van der Waals surface area contributed by atoms with Crippen molar-refractivity contribution in [1.82, 2.24) is 47.9 Å². The van der Waals surface area contributed by atoms with Crippen LogP contribution in [0.2, 0.25) is 0 Å². The van der Waals surface area contributed by atoms with E-state index in [2.05, 4.69) is 47.9 Å². The average molecular weight is 943 g/mol. The Balaban J connectivity index is 2.48. The van der Waals surface area contributed by atoms with Gasteiger partial charge in [0.1, 0.15) is 48.3 Å². The smallest absolute Gasteiger partial charge is 0.244 e. The molecule has 0 aromatic rings. The largest absolute Gasteiger partial charge is 0.368 e. The molecule has 3 aliphatic heterocycles. The van der Waals surface area contributed by atoms with Gasteiger partial charge < -0.3 is 65.1 Å². The molecule has 3 heterocycles. The van der Waals surface area contributed by atoms with Crippen LogP contribution in [0.4, 0.5) is 0 Å². The van der Waals surface area contributed by atoms with Crippen LogP contribution >= 0.6 is 23.5 Å². The number of primary amides is 1. The molecule has 10 amide bonds. The quantitative estimate of drug-likeness (QED) is 0.0560. The monoisotopic (exact) mass is 942 g/mol. The third-order valence-corrected chi connectivity index (χ3v) is 12.3. The molecule has 8 atom stereocenters. The standard InChI is InChI=1S/C40H70N12O10S2/c1-22(2)17-28-38(60)52-29(39(61)46-23(3)34(56)48-25(33(43)55)11-5-8-14-41)18-63-20-31(53)44-16-10-7-13-26-36(58)45-24(4)35(57)51-30(19-64-21-32(54)47-26)40(62)49-27(37(59)50-28)12-6-9-15-42/h22-30H,5-21,41-42H2,1-4H3,(H2,43,55)(H,44,53)(H,45,58)(H,46,61)(H,47,54)(H,48,56)(H,49,62)(H,50,59)(H,51,57)(H,52,60)/t23-,24-,25-,26-,27-,28-,29-,30-/m0/s1. The van der Waals surface area contributed by atoms with Crippen molar-refractivity contribution in [2.45, 2.75) is 140 Å². The number of unbranched alkanes of at least 4 members (excludes halogenated alkanes) is 2. The third kappa shape index (κ3) is 20.9. The minimum Gasteiger partial charge on any atom is -0.368 e. The topological polar surface area (TPSA) is 357 Å². The molecule has 0 spiro atoms. The van der Waals surface area contributed by atoms with Crippen LogP contribution in [0.1, 0.15) is 91.9 Å². The van der Waals surface area contributed by atoms with E-state index >= 15 is 0 Å². The summed E-state index contributed by atoms with van der Waals surface area (Å²) in [5, 5.41) is 23.9. The molecule has 0 unspecified atom stereocenters. The maximum Gasteiger partial charge on any atom is 0.244 e. The number of carbonyl (C=O) groups is 10. The van der Waals surface area contributed by atoms with E-state index in [1.807, 2.05) is 13.8 Å². The molecule has 0 saturated carbocycles. The summed E-state index contributed by atoms with van der Waals surface area (Å²) in [5.74, 6) is -7.26. The van der Waals surface area contributed by atoms with E-state index in [0.717, 1.165) is 23.5 Å². The third-order valence-electron chi connectivity index (χ3n) is 10.2. The van der Waals surface area contributed by atoms with Crippen molar-refractivity contribution in [3.8, 4) is 0 Å². The molecule has 2 bridgehead atoms. The van der Waals surface area contributed by atoms with E-state index in [0.29, 0.717) is 51.6 Å². The zero-order valence-corrected chi connectivity index (χ0v) is 39.0. The Kier molecular flexibility index (Phi) is 25.7. The summed E-state index contributed by atoms with van der Waals surface area (Å²) in [7, 11) is 0. The zero-order valence-electron chi connectivity index (χ0n) is 37.3. The second kappa shape index (κ2) is 29.7. The Morgan fingerprint density at radius 2 is 1.31 bits per heavy atom. The first-order valence-electron chi connectivity index (χ1n) is 21.9. The van der Waals surface area contributed by atoms with Gasteiger partial charge in [-0.05, 0) is 97.1 Å². The van der Waals surface area contributed by atoms with Gasteiger partial charge in [0, 0.05) is 18.1 Å². The van der Waals surface area contributed by atoms with Crippen molar-refractivity contribution in [2.24, 2.45) is 23.1 Å². The van der Waals surface area contributed by atoms with Crippen LogP contribution in [0.15, 0.2) is 0 Å². The summed E-state index contributed by atoms with van der Waals surface area (Å²) >= 11 is 2.07. The van der Waals surface area contributed by atoms with Gasteiger partial charge in [-0.1, -0.05) is 13.8 Å². The molecule has 3 saturated heterocycles. The van der Waals surface area contributed by atoms with Crippen LogP contribution in [0.25, 0.3) is 0 Å². The molecule has 3 fully saturated rings. The molecule has 0 aliphatic carbocycles. The van der Waals surface area contributed by atoms with E-state index in [1.165, 1.54) is 13.8 Å². The Bertz CT molecular complexity index is 1630. The van der Waals surface area contributed by atoms with Crippen LogP contribution in [-0.4, -0.2) is 150 Å². The number of thioether (sulfide) groups is 2. The second-order valence-electron chi connectivity index (χ2n) is 16.4. The van der Waals surface area contributed by atoms with E-state index in [4.69, 9.17) is 17.2 Å². The maximum atomic E-state index is 14.1. The highest BCUT2D eigenvalue weighted by Gasteiger charge is 2.34. The molecule has 3 rings (SSSR count). The highest BCUT2D eigenvalue weighted by molar-refractivity contribution is 8.00. The van der Waals surface area contributed by atoms with Gasteiger partial charge >= 0.3 is 0 Å². The molecule has 15 N–H and O–H groups in total. The first-order valence-corrected chi connectivity index (χ1v) is 24.2. The Hall–Kier alpha value is -4.68. The molecule has 362 valence electrons. The number of hydrogen-bond acceptors (Lipinski definition) is 14. The number of hydrogen-bond donors (Lipinski definition) is 12. The van der Waals surface area contributed by atoms with Gasteiger partial charge in [0.05, 0.1) is 11.5 Å². The van der Waals surface area contributed by atoms with Crippen molar-refractivity contribution in [3.05, 3.63) is 0 Å². The van der Waals surface area contributed by atoms with Crippen molar-refractivity contribution in [1.29, 1.82) is 0 Å². The first kappa shape index (κ1) is 55.5. The molecule has 24 heteroatoms. The summed E-state index contributed by atoms with van der Waals surface area (Å²) < 4.78 is 0. The normalized spacial score (nSPS) is 25.1. The Labute approximate surface area is 383 Å². The highest BCUT2D eigenvalue weighted by atomic mass is 32.2. The van der Waals surface area contributed by atoms with Crippen molar-refractivity contribution in [2.75, 3.05) is 42.6 Å². The van der Waals surface area contributed by atoms with E-state index in [-0.39, 0.29) is 67.1 Å². The summed E-state index contributed by atoms with van der Waals surface area (Å²) in [6.45, 7) is 7.35. The number of amides is 10. The van der Waals surface area contributed by atoms with Crippen LogP contribution in [0.5, 0.6) is 0 Å². The van der Waals surface area contributed by atoms with Gasteiger partial charge in [-0.15, -0.1) is 23.5 Å². The summed E-state index contributed by atoms with van der Waals surface area (Å²) in [5.41, 5.74) is 16.8. The summed E-state index contributed by atoms with van der Waals surface area (Å²) in [6, 6.07) is -9.28. The predicted octanol–water partition coefficient (Wildman–Crippen LogP) is -3.53. The van der Waals surface area contributed by atoms with Crippen molar-refractivity contribution < 1.29 is 47.9 Å². The maximum absolute atomic E-state index is 14.1. The van der Waals surface area contributed by atoms with Gasteiger partial charge in [-0.2, -0.15) is 0 Å². The zero-order chi connectivity index (χ0) is 47.8. The van der Waals surface area contributed by atoms with Gasteiger partial charge in [0.15, 0.2) is 0 Å². The van der Waals surface area contributed by atoms with Crippen molar-refractivity contribution >= 4 is 82.6 Å². The van der Waals surface area contributed by atoms with Crippen LogP contribution in [-0.2, 0) is 47.9 Å². The SMILES string of the molecule is CC(C)C[C@@H]1NC(=O)[C@H](CCCCN)NC(=O)[C@@H]2CSCC(=O)N[C@@H](CCCCNC(=O)CSC[C@@H](C(=O)N[C@@H](C)C(=O)N[C@@H](CCCCN)C(N)=O)NC1=O)C(=O)N[C@@H](C)C(=O)N2. The lowest BCUT2D eigenvalue weighted by Gasteiger charge is -2.28. The number of rotatable bonds is 15. The average Bonchev–Trinajstić information content (AvgIpc) is 3.22. The molecule has 0 aromatic carbocycles. The van der Waals surface area contributed by atoms with E-state index in [1.54, 1.807) is 0 Å². The van der Waals surface area contributed by atoms with Crippen molar-refractivity contribution in [3.63, 3.8) is 0 Å². The van der Waals surface area contributed by atoms with Crippen LogP contribution in [0.3, 0.4) is 0 Å². The summed E-state index contributed by atoms with van der Waals surface area (Å²) in [4.78, 5) is 133. The fraction of sp³-hybridized carbons (Fsp3) is 0.750. The first-order chi connectivity index (χ1) is 30.4. The van der Waals surface area contributed by atoms with E-state index in [9.17, 15) is 47.9 Å². The second-order valence-corrected chi connectivity index (χ2v) is 18.4. The molecule has 22 nitrogen and oxygen atoms in total. The number of nitrogens with one attached hydrogen (secondary N) is 9. The molecular formula is C40H70N12O10S2. The lowest BCUT2D eigenvalue weighted by molar-refractivity contribution is -0.135. The molecular weight excluding hydrogens is 873 g/mol. The van der Waals surface area contributed by atoms with Crippen LogP contribution in [0, 0.1) is 5.92 Å². The van der Waals surface area contributed by atoms with Gasteiger partial charge in [-0.3, -0.25) is 47.9 Å². The number of nitrogens with two attached hydrogens (primary N) is 3. The minimum atomic E-state index is -1.32. The number of fused-ring (bicyclic) bond motifs is 25. The fourth-order valence-corrected chi connectivity index (χ4v) is 8.31. The number of carbonyl (C=O) groups excluding carboxylic acids is 10. The predicted molar refractivity (Wildman–Crippen MR) is 243 cm³/mol. The molecule has 64 heavy (non-hydrogen) atoms. The van der Waals surface area contributed by atoms with Gasteiger partial charge in [0.25, 0.3) is 0 Å². The molecule has 0 radical (unpaired) electrons. The molecule has 3 aliphatic rings.